The Morgan fingerprint density at radius 3 is 2.81 bits per heavy atom. The summed E-state index contributed by atoms with van der Waals surface area (Å²) in [6, 6.07) is 7.70. The summed E-state index contributed by atoms with van der Waals surface area (Å²) in [7, 11) is 0. The quantitative estimate of drug-likeness (QED) is 0.829. The molecule has 0 amide bonds. The van der Waals surface area contributed by atoms with Crippen LogP contribution in [0.1, 0.15) is 25.3 Å². The van der Waals surface area contributed by atoms with Gasteiger partial charge in [0.05, 0.1) is 12.0 Å². The molecule has 1 unspecified atom stereocenters. The summed E-state index contributed by atoms with van der Waals surface area (Å²) in [5.74, 6) is -0.289. The molecule has 1 aromatic carbocycles. The third-order valence-electron chi connectivity index (χ3n) is 2.74. The van der Waals surface area contributed by atoms with Gasteiger partial charge in [-0.1, -0.05) is 25.1 Å². The average Bonchev–Trinajstić information content (AvgIpc) is 3.04. The summed E-state index contributed by atoms with van der Waals surface area (Å²) in [5.41, 5.74) is 0.990. The van der Waals surface area contributed by atoms with Crippen LogP contribution in [0.4, 0.5) is 0 Å². The molecule has 3 heteroatoms. The predicted octanol–water partition coefficient (Wildman–Crippen LogP) is 2.49. The minimum absolute atomic E-state index is 0.348. The molecule has 0 heterocycles. The largest absolute Gasteiger partial charge is 0.490 e. The first-order valence-electron chi connectivity index (χ1n) is 5.64. The van der Waals surface area contributed by atoms with Gasteiger partial charge in [-0.3, -0.25) is 4.79 Å². The lowest BCUT2D eigenvalue weighted by molar-refractivity contribution is -0.141. The highest BCUT2D eigenvalue weighted by atomic mass is 16.5. The Balaban J connectivity index is 2.08. The van der Waals surface area contributed by atoms with Crippen molar-refractivity contribution in [2.24, 2.45) is 5.92 Å². The number of hydrogen-bond donors (Lipinski definition) is 1. The van der Waals surface area contributed by atoms with Crippen molar-refractivity contribution in [2.45, 2.75) is 32.3 Å². The molecule has 1 N–H and O–H groups in total. The third-order valence-corrected chi connectivity index (χ3v) is 2.74. The molecule has 0 bridgehead atoms. The van der Waals surface area contributed by atoms with Gasteiger partial charge < -0.3 is 9.84 Å². The van der Waals surface area contributed by atoms with Crippen molar-refractivity contribution in [1.82, 2.24) is 0 Å². The summed E-state index contributed by atoms with van der Waals surface area (Å²) in [6.45, 7) is 1.72. The van der Waals surface area contributed by atoms with E-state index in [1.165, 1.54) is 0 Å². The van der Waals surface area contributed by atoms with Gasteiger partial charge in [-0.15, -0.1) is 0 Å². The van der Waals surface area contributed by atoms with Crippen molar-refractivity contribution >= 4 is 5.97 Å². The maximum atomic E-state index is 10.8. The van der Waals surface area contributed by atoms with Crippen LogP contribution in [0.15, 0.2) is 24.3 Å². The van der Waals surface area contributed by atoms with Gasteiger partial charge >= 0.3 is 5.97 Å². The van der Waals surface area contributed by atoms with Crippen molar-refractivity contribution < 1.29 is 14.6 Å². The molecule has 1 aliphatic carbocycles. The van der Waals surface area contributed by atoms with Crippen LogP contribution in [0.2, 0.25) is 0 Å². The molecular formula is C13H16O3. The number of benzene rings is 1. The van der Waals surface area contributed by atoms with Crippen molar-refractivity contribution in [1.29, 1.82) is 0 Å². The van der Waals surface area contributed by atoms with E-state index in [0.29, 0.717) is 12.5 Å². The monoisotopic (exact) mass is 220 g/mol. The summed E-state index contributed by atoms with van der Waals surface area (Å²) in [5, 5.41) is 8.89. The van der Waals surface area contributed by atoms with E-state index in [-0.39, 0.29) is 5.92 Å². The Hall–Kier alpha value is -1.51. The molecular weight excluding hydrogens is 204 g/mol. The topological polar surface area (TPSA) is 46.5 Å². The smallest absolute Gasteiger partial charge is 0.306 e. The number of aliphatic carboxylic acids is 1. The molecule has 1 aromatic rings. The van der Waals surface area contributed by atoms with Gasteiger partial charge in [-0.2, -0.15) is 0 Å². The van der Waals surface area contributed by atoms with Crippen LogP contribution in [0.5, 0.6) is 5.75 Å². The molecule has 16 heavy (non-hydrogen) atoms. The second-order valence-electron chi connectivity index (χ2n) is 4.37. The molecule has 86 valence electrons. The lowest BCUT2D eigenvalue weighted by atomic mass is 10.0. The SMILES string of the molecule is CC(Cc1ccccc1OC1CC1)C(=O)O. The van der Waals surface area contributed by atoms with E-state index in [0.717, 1.165) is 24.2 Å². The van der Waals surface area contributed by atoms with Crippen LogP contribution >= 0.6 is 0 Å². The van der Waals surface area contributed by atoms with Gasteiger partial charge in [0.25, 0.3) is 0 Å². The zero-order valence-corrected chi connectivity index (χ0v) is 9.35. The van der Waals surface area contributed by atoms with E-state index >= 15 is 0 Å². The van der Waals surface area contributed by atoms with E-state index in [2.05, 4.69) is 0 Å². The predicted molar refractivity (Wildman–Crippen MR) is 60.6 cm³/mol. The zero-order chi connectivity index (χ0) is 11.5. The fraction of sp³-hybridized carbons (Fsp3) is 0.462. The minimum atomic E-state index is -0.763. The Kier molecular flexibility index (Phi) is 3.13. The summed E-state index contributed by atoms with van der Waals surface area (Å²) in [6.07, 6.45) is 3.10. The molecule has 1 saturated carbocycles. The molecule has 0 aromatic heterocycles. The Labute approximate surface area is 95.0 Å². The van der Waals surface area contributed by atoms with Crippen molar-refractivity contribution in [3.63, 3.8) is 0 Å². The van der Waals surface area contributed by atoms with Crippen LogP contribution in [0, 0.1) is 5.92 Å². The minimum Gasteiger partial charge on any atom is -0.490 e. The number of ether oxygens (including phenoxy) is 1. The lowest BCUT2D eigenvalue weighted by Crippen LogP contribution is -2.13. The zero-order valence-electron chi connectivity index (χ0n) is 9.35. The summed E-state index contributed by atoms with van der Waals surface area (Å²) < 4.78 is 5.74. The number of carboxylic acid groups (broad SMARTS) is 1. The maximum Gasteiger partial charge on any atom is 0.306 e. The van der Waals surface area contributed by atoms with Gasteiger partial charge in [-0.25, -0.2) is 0 Å². The summed E-state index contributed by atoms with van der Waals surface area (Å²) >= 11 is 0. The van der Waals surface area contributed by atoms with Crippen LogP contribution in [0.3, 0.4) is 0 Å². The standard InChI is InChI=1S/C13H16O3/c1-9(13(14)15)8-10-4-2-3-5-12(10)16-11-6-7-11/h2-5,9,11H,6-8H2,1H3,(H,14,15). The number of hydrogen-bond acceptors (Lipinski definition) is 2. The first-order chi connectivity index (χ1) is 7.66. The van der Waals surface area contributed by atoms with Gasteiger partial charge in [0.2, 0.25) is 0 Å². The van der Waals surface area contributed by atoms with Gasteiger partial charge in [0, 0.05) is 0 Å². The Bertz CT molecular complexity index is 383. The Morgan fingerprint density at radius 2 is 2.19 bits per heavy atom. The number of carboxylic acids is 1. The highest BCUT2D eigenvalue weighted by Crippen LogP contribution is 2.30. The molecule has 0 spiro atoms. The molecule has 1 fully saturated rings. The average molecular weight is 220 g/mol. The highest BCUT2D eigenvalue weighted by Gasteiger charge is 2.25. The van der Waals surface area contributed by atoms with Crippen LogP contribution in [-0.4, -0.2) is 17.2 Å². The van der Waals surface area contributed by atoms with Gasteiger partial charge in [0.1, 0.15) is 5.75 Å². The van der Waals surface area contributed by atoms with Crippen LogP contribution in [-0.2, 0) is 11.2 Å². The second kappa shape index (κ2) is 4.56. The molecule has 3 nitrogen and oxygen atoms in total. The van der Waals surface area contributed by atoms with Gasteiger partial charge in [-0.05, 0) is 30.9 Å². The molecule has 0 saturated heterocycles. The van der Waals surface area contributed by atoms with Gasteiger partial charge in [0.15, 0.2) is 0 Å². The highest BCUT2D eigenvalue weighted by molar-refractivity contribution is 5.70. The molecule has 1 atom stereocenters. The fourth-order valence-corrected chi connectivity index (χ4v) is 1.57. The van der Waals surface area contributed by atoms with Crippen molar-refractivity contribution in [3.05, 3.63) is 29.8 Å². The molecule has 2 rings (SSSR count). The third kappa shape index (κ3) is 2.75. The first-order valence-corrected chi connectivity index (χ1v) is 5.64. The normalized spacial score (nSPS) is 16.8. The maximum absolute atomic E-state index is 10.8. The van der Waals surface area contributed by atoms with E-state index in [4.69, 9.17) is 9.84 Å². The number of rotatable bonds is 5. The van der Waals surface area contributed by atoms with Crippen molar-refractivity contribution in [2.75, 3.05) is 0 Å². The fourth-order valence-electron chi connectivity index (χ4n) is 1.57. The molecule has 1 aliphatic rings. The second-order valence-corrected chi connectivity index (χ2v) is 4.37. The Morgan fingerprint density at radius 1 is 1.50 bits per heavy atom. The van der Waals surface area contributed by atoms with Crippen LogP contribution in [0.25, 0.3) is 0 Å². The van der Waals surface area contributed by atoms with Crippen molar-refractivity contribution in [3.8, 4) is 5.75 Å². The van der Waals surface area contributed by atoms with E-state index in [1.807, 2.05) is 24.3 Å². The van der Waals surface area contributed by atoms with E-state index in [9.17, 15) is 4.79 Å². The number of carbonyl (C=O) groups is 1. The molecule has 0 radical (unpaired) electrons. The number of para-hydroxylation sites is 1. The first kappa shape index (κ1) is 11.0. The van der Waals surface area contributed by atoms with Crippen LogP contribution < -0.4 is 4.74 Å². The van der Waals surface area contributed by atoms with E-state index in [1.54, 1.807) is 6.92 Å². The molecule has 0 aliphatic heterocycles. The van der Waals surface area contributed by atoms with E-state index < -0.39 is 5.97 Å². The summed E-state index contributed by atoms with van der Waals surface area (Å²) in [4.78, 5) is 10.8. The lowest BCUT2D eigenvalue weighted by Gasteiger charge is -2.12.